The van der Waals surface area contributed by atoms with Gasteiger partial charge in [0.15, 0.2) is 0 Å². The first-order valence-corrected chi connectivity index (χ1v) is 8.49. The van der Waals surface area contributed by atoms with Crippen molar-refractivity contribution in [2.24, 2.45) is 5.73 Å². The maximum absolute atomic E-state index is 12.6. The summed E-state index contributed by atoms with van der Waals surface area (Å²) >= 11 is 0. The molecule has 140 valence electrons. The molecule has 3 rings (SSSR count). The molecule has 5 nitrogen and oxygen atoms in total. The average molecular weight is 387 g/mol. The highest BCUT2D eigenvalue weighted by Crippen LogP contribution is 2.29. The van der Waals surface area contributed by atoms with Gasteiger partial charge in [-0.3, -0.25) is 4.79 Å². The summed E-state index contributed by atoms with van der Waals surface area (Å²) in [5.41, 5.74) is 7.62. The summed E-state index contributed by atoms with van der Waals surface area (Å²) in [5.74, 6) is 0.834. The second-order valence-electron chi connectivity index (χ2n) is 6.98. The fourth-order valence-electron chi connectivity index (χ4n) is 3.55. The molecule has 0 spiro atoms. The first-order chi connectivity index (χ1) is 10.9. The zero-order chi connectivity index (χ0) is 16.6. The van der Waals surface area contributed by atoms with E-state index in [2.05, 4.69) is 29.8 Å². The highest BCUT2D eigenvalue weighted by atomic mass is 35.5. The van der Waals surface area contributed by atoms with Crippen LogP contribution >= 0.6 is 24.8 Å². The van der Waals surface area contributed by atoms with Crippen LogP contribution in [0.5, 0.6) is 0 Å². The minimum Gasteiger partial charge on any atom is -0.345 e. The molecule has 1 saturated carbocycles. The van der Waals surface area contributed by atoms with Gasteiger partial charge in [0.2, 0.25) is 5.91 Å². The highest BCUT2D eigenvalue weighted by molar-refractivity contribution is 5.87. The van der Waals surface area contributed by atoms with E-state index in [1.807, 2.05) is 25.1 Å². The number of rotatable bonds is 4. The van der Waals surface area contributed by atoms with E-state index < -0.39 is 5.54 Å². The number of nitrogens with one attached hydrogen (secondary N) is 1. The molecule has 3 N–H and O–H groups in total. The predicted molar refractivity (Wildman–Crippen MR) is 107 cm³/mol. The van der Waals surface area contributed by atoms with Crippen LogP contribution in [-0.4, -0.2) is 21.0 Å². The molecule has 2 aromatic rings. The van der Waals surface area contributed by atoms with E-state index in [9.17, 15) is 4.79 Å². The van der Waals surface area contributed by atoms with Crippen LogP contribution in [0.3, 0.4) is 0 Å². The van der Waals surface area contributed by atoms with E-state index in [1.54, 1.807) is 0 Å². The first-order valence-electron chi connectivity index (χ1n) is 8.49. The summed E-state index contributed by atoms with van der Waals surface area (Å²) in [4.78, 5) is 17.3. The molecule has 1 heterocycles. The first kappa shape index (κ1) is 21.7. The van der Waals surface area contributed by atoms with Crippen molar-refractivity contribution in [1.82, 2.24) is 14.9 Å². The Morgan fingerprint density at radius 3 is 2.40 bits per heavy atom. The summed E-state index contributed by atoms with van der Waals surface area (Å²) in [6.07, 6.45) is 3.60. The molecule has 1 unspecified atom stereocenters. The lowest BCUT2D eigenvalue weighted by Crippen LogP contribution is -2.52. The Bertz CT molecular complexity index is 723. The van der Waals surface area contributed by atoms with Crippen molar-refractivity contribution in [3.63, 3.8) is 0 Å². The normalized spacial score (nSPS) is 17.0. The highest BCUT2D eigenvalue weighted by Gasteiger charge is 2.38. The van der Waals surface area contributed by atoms with Crippen molar-refractivity contribution in [2.45, 2.75) is 64.1 Å². The molecule has 0 aliphatic heterocycles. The minimum absolute atomic E-state index is 0. The quantitative estimate of drug-likeness (QED) is 0.836. The fraction of sp³-hybridized carbons (Fsp3) is 0.556. The molecule has 0 bridgehead atoms. The molecule has 0 radical (unpaired) electrons. The number of imidazole rings is 1. The molecule has 1 atom stereocenters. The van der Waals surface area contributed by atoms with Gasteiger partial charge in [-0.25, -0.2) is 4.98 Å². The van der Waals surface area contributed by atoms with Crippen molar-refractivity contribution < 1.29 is 4.79 Å². The van der Waals surface area contributed by atoms with Crippen LogP contribution < -0.4 is 11.1 Å². The van der Waals surface area contributed by atoms with Crippen LogP contribution in [0.4, 0.5) is 0 Å². The molecule has 1 amide bonds. The molecule has 1 aromatic heterocycles. The Labute approximate surface area is 161 Å². The number of hydrogen-bond donors (Lipinski definition) is 2. The zero-order valence-electron chi connectivity index (χ0n) is 15.0. The number of carbonyl (C=O) groups is 1. The standard InChI is InChI=1S/C18H26N4O.2ClH/c1-12(2)22-15-9-5-4-8-14(15)21-16(22)13(3)20-17(23)18(19)10-6-7-11-18;;/h4-5,8-9,12-13H,6-7,10-11,19H2,1-3H3,(H,20,23);2*1H. The van der Waals surface area contributed by atoms with Gasteiger partial charge in [0.25, 0.3) is 0 Å². The number of fused-ring (bicyclic) bond motifs is 1. The van der Waals surface area contributed by atoms with Gasteiger partial charge in [0.1, 0.15) is 5.82 Å². The Morgan fingerprint density at radius 2 is 1.80 bits per heavy atom. The van der Waals surface area contributed by atoms with Gasteiger partial charge in [0, 0.05) is 6.04 Å². The molecule has 1 aliphatic rings. The van der Waals surface area contributed by atoms with Crippen molar-refractivity contribution in [2.75, 3.05) is 0 Å². The number of carbonyl (C=O) groups excluding carboxylic acids is 1. The zero-order valence-corrected chi connectivity index (χ0v) is 16.6. The Morgan fingerprint density at radius 1 is 1.20 bits per heavy atom. The third-order valence-electron chi connectivity index (χ3n) is 4.82. The van der Waals surface area contributed by atoms with Crippen LogP contribution in [0, 0.1) is 0 Å². The molecule has 1 aromatic carbocycles. The van der Waals surface area contributed by atoms with Crippen LogP contribution in [0.15, 0.2) is 24.3 Å². The largest absolute Gasteiger partial charge is 0.345 e. The summed E-state index contributed by atoms with van der Waals surface area (Å²) in [7, 11) is 0. The second-order valence-corrected chi connectivity index (χ2v) is 6.98. The lowest BCUT2D eigenvalue weighted by Gasteiger charge is -2.26. The lowest BCUT2D eigenvalue weighted by atomic mass is 9.97. The predicted octanol–water partition coefficient (Wildman–Crippen LogP) is 3.91. The summed E-state index contributed by atoms with van der Waals surface area (Å²) < 4.78 is 2.19. The van der Waals surface area contributed by atoms with Crippen molar-refractivity contribution >= 4 is 41.8 Å². The average Bonchev–Trinajstić information content (AvgIpc) is 3.11. The molecule has 0 saturated heterocycles. The molecule has 25 heavy (non-hydrogen) atoms. The lowest BCUT2D eigenvalue weighted by molar-refractivity contribution is -0.126. The monoisotopic (exact) mass is 386 g/mol. The smallest absolute Gasteiger partial charge is 0.240 e. The van der Waals surface area contributed by atoms with Gasteiger partial charge >= 0.3 is 0 Å². The molecule has 1 aliphatic carbocycles. The third-order valence-corrected chi connectivity index (χ3v) is 4.82. The maximum atomic E-state index is 12.6. The van der Waals surface area contributed by atoms with Gasteiger partial charge in [-0.15, -0.1) is 24.8 Å². The van der Waals surface area contributed by atoms with E-state index in [0.29, 0.717) is 0 Å². The van der Waals surface area contributed by atoms with Gasteiger partial charge < -0.3 is 15.6 Å². The summed E-state index contributed by atoms with van der Waals surface area (Å²) in [6, 6.07) is 8.19. The van der Waals surface area contributed by atoms with Crippen molar-refractivity contribution in [3.05, 3.63) is 30.1 Å². The summed E-state index contributed by atoms with van der Waals surface area (Å²) in [5, 5.41) is 3.09. The number of halogens is 2. The van der Waals surface area contributed by atoms with E-state index in [4.69, 9.17) is 10.7 Å². The number of para-hydroxylation sites is 2. The van der Waals surface area contributed by atoms with Crippen LogP contribution in [0.1, 0.15) is 64.4 Å². The molecular weight excluding hydrogens is 359 g/mol. The van der Waals surface area contributed by atoms with Crippen LogP contribution in [0.2, 0.25) is 0 Å². The third kappa shape index (κ3) is 4.10. The van der Waals surface area contributed by atoms with E-state index in [-0.39, 0.29) is 42.8 Å². The second kappa shape index (κ2) is 8.39. The molecule has 1 fully saturated rings. The summed E-state index contributed by atoms with van der Waals surface area (Å²) in [6.45, 7) is 6.25. The van der Waals surface area contributed by atoms with Crippen LogP contribution in [0.25, 0.3) is 11.0 Å². The number of nitrogens with zero attached hydrogens (tertiary/aromatic N) is 2. The number of amides is 1. The topological polar surface area (TPSA) is 72.9 Å². The van der Waals surface area contributed by atoms with Gasteiger partial charge in [-0.1, -0.05) is 25.0 Å². The number of aromatic nitrogens is 2. The van der Waals surface area contributed by atoms with Crippen molar-refractivity contribution in [1.29, 1.82) is 0 Å². The van der Waals surface area contributed by atoms with E-state index >= 15 is 0 Å². The van der Waals surface area contributed by atoms with Gasteiger partial charge in [0.05, 0.1) is 22.6 Å². The number of nitrogens with two attached hydrogens (primary N) is 1. The van der Waals surface area contributed by atoms with Gasteiger partial charge in [-0.05, 0) is 45.7 Å². The Kier molecular flexibility index (Phi) is 7.29. The van der Waals surface area contributed by atoms with Gasteiger partial charge in [-0.2, -0.15) is 0 Å². The van der Waals surface area contributed by atoms with E-state index in [0.717, 1.165) is 42.5 Å². The molecular formula is C18H28Cl2N4O. The number of benzene rings is 1. The Balaban J connectivity index is 0.00000156. The molecule has 7 heteroatoms. The Hall–Kier alpha value is -1.30. The number of hydrogen-bond acceptors (Lipinski definition) is 3. The van der Waals surface area contributed by atoms with Crippen molar-refractivity contribution in [3.8, 4) is 0 Å². The van der Waals surface area contributed by atoms with Crippen LogP contribution in [-0.2, 0) is 4.79 Å². The maximum Gasteiger partial charge on any atom is 0.240 e. The van der Waals surface area contributed by atoms with E-state index in [1.165, 1.54) is 0 Å². The SMILES string of the molecule is CC(NC(=O)C1(N)CCCC1)c1nc2ccccc2n1C(C)C.Cl.Cl. The minimum atomic E-state index is -0.705. The fourth-order valence-corrected chi connectivity index (χ4v) is 3.55.